The summed E-state index contributed by atoms with van der Waals surface area (Å²) in [5.74, 6) is 0. The smallest absolute Gasteiger partial charge is 0.163 e. The molecule has 1 heterocycles. The van der Waals surface area contributed by atoms with E-state index in [4.69, 9.17) is 9.47 Å². The minimum absolute atomic E-state index is 0.0439. The molecule has 0 saturated carbocycles. The van der Waals surface area contributed by atoms with Crippen molar-refractivity contribution < 1.29 is 9.47 Å². The summed E-state index contributed by atoms with van der Waals surface area (Å²) in [4.78, 5) is 0. The Morgan fingerprint density at radius 3 is 2.58 bits per heavy atom. The first-order valence-electron chi connectivity index (χ1n) is 4.69. The van der Waals surface area contributed by atoms with Crippen molar-refractivity contribution in [3.05, 3.63) is 12.2 Å². The fraction of sp³-hybridized carbons (Fsp3) is 0.800. The SMILES string of the molecule is CC1(C2OCCO2)CC=CCC1. The molecule has 0 amide bonds. The molecule has 0 radical (unpaired) electrons. The maximum absolute atomic E-state index is 5.54. The van der Waals surface area contributed by atoms with Gasteiger partial charge < -0.3 is 9.47 Å². The van der Waals surface area contributed by atoms with Gasteiger partial charge >= 0.3 is 0 Å². The van der Waals surface area contributed by atoms with E-state index in [2.05, 4.69) is 19.1 Å². The molecule has 68 valence electrons. The monoisotopic (exact) mass is 168 g/mol. The van der Waals surface area contributed by atoms with E-state index in [-0.39, 0.29) is 11.7 Å². The average molecular weight is 168 g/mol. The van der Waals surface area contributed by atoms with Crippen LogP contribution in [0.5, 0.6) is 0 Å². The maximum atomic E-state index is 5.54. The fourth-order valence-electron chi connectivity index (χ4n) is 1.96. The van der Waals surface area contributed by atoms with Crippen molar-refractivity contribution in [2.24, 2.45) is 5.41 Å². The Balaban J connectivity index is 2.03. The Morgan fingerprint density at radius 1 is 1.25 bits per heavy atom. The maximum Gasteiger partial charge on any atom is 0.163 e. The van der Waals surface area contributed by atoms with Crippen LogP contribution in [0.15, 0.2) is 12.2 Å². The largest absolute Gasteiger partial charge is 0.350 e. The second-order valence-electron chi connectivity index (χ2n) is 3.94. The van der Waals surface area contributed by atoms with E-state index in [1.54, 1.807) is 0 Å². The van der Waals surface area contributed by atoms with Crippen LogP contribution in [0.2, 0.25) is 0 Å². The second-order valence-corrected chi connectivity index (χ2v) is 3.94. The first-order chi connectivity index (χ1) is 5.81. The summed E-state index contributed by atoms with van der Waals surface area (Å²) in [5, 5.41) is 0. The minimum atomic E-state index is 0.0439. The highest BCUT2D eigenvalue weighted by Gasteiger charge is 2.37. The molecule has 2 heteroatoms. The zero-order chi connectivity index (χ0) is 8.44. The van der Waals surface area contributed by atoms with Gasteiger partial charge in [0.15, 0.2) is 6.29 Å². The van der Waals surface area contributed by atoms with Gasteiger partial charge in [-0.2, -0.15) is 0 Å². The summed E-state index contributed by atoms with van der Waals surface area (Å²) in [6, 6.07) is 0. The third-order valence-electron chi connectivity index (χ3n) is 2.82. The first-order valence-corrected chi connectivity index (χ1v) is 4.69. The summed E-state index contributed by atoms with van der Waals surface area (Å²) < 4.78 is 11.1. The van der Waals surface area contributed by atoms with Crippen molar-refractivity contribution in [2.75, 3.05) is 13.2 Å². The number of ether oxygens (including phenoxy) is 2. The summed E-state index contributed by atoms with van der Waals surface area (Å²) in [7, 11) is 0. The van der Waals surface area contributed by atoms with Gasteiger partial charge in [0.05, 0.1) is 13.2 Å². The summed E-state index contributed by atoms with van der Waals surface area (Å²) in [5.41, 5.74) is 0.227. The van der Waals surface area contributed by atoms with Gasteiger partial charge in [-0.3, -0.25) is 0 Å². The quantitative estimate of drug-likeness (QED) is 0.558. The lowest BCUT2D eigenvalue weighted by atomic mass is 9.78. The average Bonchev–Trinajstić information content (AvgIpc) is 2.58. The van der Waals surface area contributed by atoms with Crippen molar-refractivity contribution in [1.29, 1.82) is 0 Å². The normalized spacial score (nSPS) is 37.4. The van der Waals surface area contributed by atoms with Crippen LogP contribution in [0, 0.1) is 5.41 Å². The molecule has 1 unspecified atom stereocenters. The molecular weight excluding hydrogens is 152 g/mol. The standard InChI is InChI=1S/C10H16O2/c1-10(5-3-2-4-6-10)9-11-7-8-12-9/h2-3,9H,4-8H2,1H3. The topological polar surface area (TPSA) is 18.5 Å². The lowest BCUT2D eigenvalue weighted by molar-refractivity contribution is -0.129. The Hall–Kier alpha value is -0.340. The zero-order valence-electron chi connectivity index (χ0n) is 7.58. The van der Waals surface area contributed by atoms with Crippen molar-refractivity contribution in [1.82, 2.24) is 0 Å². The van der Waals surface area contributed by atoms with E-state index in [1.165, 1.54) is 12.8 Å². The van der Waals surface area contributed by atoms with Crippen LogP contribution < -0.4 is 0 Å². The van der Waals surface area contributed by atoms with Crippen LogP contribution in [0.25, 0.3) is 0 Å². The van der Waals surface area contributed by atoms with E-state index in [1.807, 2.05) is 0 Å². The zero-order valence-corrected chi connectivity index (χ0v) is 7.58. The van der Waals surface area contributed by atoms with Crippen LogP contribution in [0.4, 0.5) is 0 Å². The molecule has 0 bridgehead atoms. The van der Waals surface area contributed by atoms with Gasteiger partial charge in [0.1, 0.15) is 0 Å². The predicted molar refractivity (Wildman–Crippen MR) is 46.8 cm³/mol. The number of hydrogen-bond donors (Lipinski definition) is 0. The third kappa shape index (κ3) is 1.41. The van der Waals surface area contributed by atoms with Crippen molar-refractivity contribution >= 4 is 0 Å². The van der Waals surface area contributed by atoms with E-state index in [0.717, 1.165) is 19.6 Å². The van der Waals surface area contributed by atoms with E-state index in [9.17, 15) is 0 Å². The Morgan fingerprint density at radius 2 is 2.00 bits per heavy atom. The van der Waals surface area contributed by atoms with Crippen LogP contribution in [-0.4, -0.2) is 19.5 Å². The summed E-state index contributed by atoms with van der Waals surface area (Å²) in [6.07, 6.45) is 7.99. The Bertz CT molecular complexity index is 182. The second kappa shape index (κ2) is 3.19. The summed E-state index contributed by atoms with van der Waals surface area (Å²) >= 11 is 0. The van der Waals surface area contributed by atoms with Gasteiger partial charge in [0.2, 0.25) is 0 Å². The first kappa shape index (κ1) is 8.27. The van der Waals surface area contributed by atoms with Gasteiger partial charge in [-0.15, -0.1) is 0 Å². The molecule has 1 saturated heterocycles. The lowest BCUT2D eigenvalue weighted by Crippen LogP contribution is -2.33. The highest BCUT2D eigenvalue weighted by atomic mass is 16.7. The van der Waals surface area contributed by atoms with Crippen molar-refractivity contribution in [3.63, 3.8) is 0 Å². The van der Waals surface area contributed by atoms with Gasteiger partial charge in [-0.25, -0.2) is 0 Å². The molecule has 2 nitrogen and oxygen atoms in total. The molecule has 12 heavy (non-hydrogen) atoms. The number of allylic oxidation sites excluding steroid dienone is 2. The molecule has 1 fully saturated rings. The van der Waals surface area contributed by atoms with Gasteiger partial charge in [-0.05, 0) is 19.3 Å². The molecule has 1 aliphatic heterocycles. The molecule has 0 aromatic carbocycles. The highest BCUT2D eigenvalue weighted by Crippen LogP contribution is 2.38. The van der Waals surface area contributed by atoms with Crippen LogP contribution >= 0.6 is 0 Å². The van der Waals surface area contributed by atoms with Crippen LogP contribution in [0.1, 0.15) is 26.2 Å². The molecule has 2 aliphatic rings. The number of rotatable bonds is 1. The Labute approximate surface area is 73.5 Å². The fourth-order valence-corrected chi connectivity index (χ4v) is 1.96. The molecule has 1 aliphatic carbocycles. The molecule has 1 atom stereocenters. The van der Waals surface area contributed by atoms with E-state index < -0.39 is 0 Å². The third-order valence-corrected chi connectivity index (χ3v) is 2.82. The molecule has 0 aromatic heterocycles. The lowest BCUT2D eigenvalue weighted by Gasteiger charge is -2.34. The van der Waals surface area contributed by atoms with E-state index >= 15 is 0 Å². The Kier molecular flexibility index (Phi) is 2.20. The van der Waals surface area contributed by atoms with E-state index in [0.29, 0.717) is 0 Å². The molecular formula is C10H16O2. The highest BCUT2D eigenvalue weighted by molar-refractivity contribution is 4.97. The van der Waals surface area contributed by atoms with Gasteiger partial charge in [-0.1, -0.05) is 19.1 Å². The predicted octanol–water partition coefficient (Wildman–Crippen LogP) is 2.11. The number of hydrogen-bond acceptors (Lipinski definition) is 2. The van der Waals surface area contributed by atoms with Crippen molar-refractivity contribution in [3.8, 4) is 0 Å². The summed E-state index contributed by atoms with van der Waals surface area (Å²) in [6.45, 7) is 3.79. The van der Waals surface area contributed by atoms with Crippen molar-refractivity contribution in [2.45, 2.75) is 32.5 Å². The van der Waals surface area contributed by atoms with Gasteiger partial charge in [0.25, 0.3) is 0 Å². The minimum Gasteiger partial charge on any atom is -0.350 e. The van der Waals surface area contributed by atoms with Crippen LogP contribution in [-0.2, 0) is 9.47 Å². The van der Waals surface area contributed by atoms with Crippen LogP contribution in [0.3, 0.4) is 0 Å². The molecule has 0 aromatic rings. The molecule has 0 spiro atoms. The molecule has 0 N–H and O–H groups in total. The van der Waals surface area contributed by atoms with Gasteiger partial charge in [0, 0.05) is 5.41 Å². The molecule has 2 rings (SSSR count).